The second-order valence-electron chi connectivity index (χ2n) is 6.54. The third kappa shape index (κ3) is 6.59. The number of thioether (sulfide) groups is 1. The summed E-state index contributed by atoms with van der Waals surface area (Å²) in [5.41, 5.74) is -0.191. The molecule has 0 saturated carbocycles. The summed E-state index contributed by atoms with van der Waals surface area (Å²) >= 11 is 14.0. The molecule has 0 aliphatic rings. The van der Waals surface area contributed by atoms with E-state index in [0.29, 0.717) is 26.3 Å². The molecule has 2 heterocycles. The summed E-state index contributed by atoms with van der Waals surface area (Å²) in [4.78, 5) is 4.38. The maximum absolute atomic E-state index is 13.2. The number of aliphatic hydroxyl groups excluding tert-OH is 3. The van der Waals surface area contributed by atoms with Gasteiger partial charge in [0.2, 0.25) is 0 Å². The molecule has 0 spiro atoms. The van der Waals surface area contributed by atoms with Crippen LogP contribution >= 0.6 is 46.3 Å². The zero-order valence-corrected chi connectivity index (χ0v) is 19.2. The zero-order chi connectivity index (χ0) is 22.5. The molecule has 3 aromatic rings. The van der Waals surface area contributed by atoms with E-state index in [9.17, 15) is 19.7 Å². The van der Waals surface area contributed by atoms with Crippen LogP contribution in [0.2, 0.25) is 10.0 Å². The van der Waals surface area contributed by atoms with Gasteiger partial charge in [-0.3, -0.25) is 0 Å². The Morgan fingerprint density at radius 3 is 2.65 bits per heavy atom. The quantitative estimate of drug-likeness (QED) is 0.282. The lowest BCUT2D eigenvalue weighted by Gasteiger charge is -2.28. The van der Waals surface area contributed by atoms with Gasteiger partial charge in [0.05, 0.1) is 35.5 Å². The highest BCUT2D eigenvalue weighted by Gasteiger charge is 2.28. The first-order chi connectivity index (χ1) is 14.8. The van der Waals surface area contributed by atoms with Crippen molar-refractivity contribution in [3.63, 3.8) is 0 Å². The molecule has 0 bridgehead atoms. The van der Waals surface area contributed by atoms with E-state index >= 15 is 0 Å². The summed E-state index contributed by atoms with van der Waals surface area (Å²) < 4.78 is 20.3. The van der Waals surface area contributed by atoms with Crippen molar-refractivity contribution in [3.8, 4) is 11.4 Å². The van der Waals surface area contributed by atoms with Crippen molar-refractivity contribution in [3.05, 3.63) is 45.1 Å². The van der Waals surface area contributed by atoms with Gasteiger partial charge in [-0.25, -0.2) is 9.67 Å². The molecular weight excluding hydrogens is 490 g/mol. The highest BCUT2D eigenvalue weighted by atomic mass is 35.5. The van der Waals surface area contributed by atoms with E-state index in [2.05, 4.69) is 15.3 Å². The lowest BCUT2D eigenvalue weighted by molar-refractivity contribution is -0.0972. The van der Waals surface area contributed by atoms with E-state index in [0.717, 1.165) is 23.1 Å². The van der Waals surface area contributed by atoms with Crippen LogP contribution in [-0.4, -0.2) is 65.7 Å². The van der Waals surface area contributed by atoms with Gasteiger partial charge in [-0.2, -0.15) is 4.39 Å². The van der Waals surface area contributed by atoms with Gasteiger partial charge >= 0.3 is 0 Å². The fraction of sp³-hybridized carbons (Fsp3) is 0.389. The first kappa shape index (κ1) is 24.3. The number of hydrogen-bond donors (Lipinski definition) is 3. The predicted molar refractivity (Wildman–Crippen MR) is 117 cm³/mol. The summed E-state index contributed by atoms with van der Waals surface area (Å²) in [5, 5.41) is 39.7. The van der Waals surface area contributed by atoms with E-state index < -0.39 is 35.6 Å². The van der Waals surface area contributed by atoms with Crippen molar-refractivity contribution in [2.75, 3.05) is 6.61 Å². The van der Waals surface area contributed by atoms with Crippen LogP contribution in [-0.2, 0) is 11.3 Å². The molecule has 31 heavy (non-hydrogen) atoms. The molecule has 13 heteroatoms. The van der Waals surface area contributed by atoms with Crippen molar-refractivity contribution in [1.29, 1.82) is 0 Å². The lowest BCUT2D eigenvalue weighted by atomic mass is 10.2. The highest BCUT2D eigenvalue weighted by molar-refractivity contribution is 7.99. The van der Waals surface area contributed by atoms with Crippen LogP contribution in [0.25, 0.3) is 11.4 Å². The van der Waals surface area contributed by atoms with Gasteiger partial charge in [-0.1, -0.05) is 51.5 Å². The molecule has 0 aliphatic carbocycles. The minimum Gasteiger partial charge on any atom is -0.394 e. The Bertz CT molecular complexity index is 1010. The van der Waals surface area contributed by atoms with Crippen molar-refractivity contribution in [2.24, 2.45) is 0 Å². The van der Waals surface area contributed by atoms with Gasteiger partial charge in [-0.05, 0) is 25.1 Å². The Morgan fingerprint density at radius 1 is 1.26 bits per heavy atom. The maximum atomic E-state index is 13.2. The maximum Gasteiger partial charge on any atom is 0.269 e. The van der Waals surface area contributed by atoms with Gasteiger partial charge < -0.3 is 20.1 Å². The summed E-state index contributed by atoms with van der Waals surface area (Å²) in [6.07, 6.45) is -1.48. The Labute approximate surface area is 195 Å². The lowest BCUT2D eigenvalue weighted by Crippen LogP contribution is -2.39. The second-order valence-corrected chi connectivity index (χ2v) is 9.33. The molecule has 0 fully saturated rings. The van der Waals surface area contributed by atoms with Gasteiger partial charge in [0.1, 0.15) is 29.0 Å². The Morgan fingerprint density at radius 2 is 2.03 bits per heavy atom. The predicted octanol–water partition coefficient (Wildman–Crippen LogP) is 3.09. The first-order valence-corrected chi connectivity index (χ1v) is 11.5. The number of rotatable bonds is 10. The first-order valence-electron chi connectivity index (χ1n) is 9.02. The monoisotopic (exact) mass is 508 g/mol. The van der Waals surface area contributed by atoms with Crippen LogP contribution in [0.4, 0.5) is 4.39 Å². The van der Waals surface area contributed by atoms with Gasteiger partial charge in [0.15, 0.2) is 0 Å². The van der Waals surface area contributed by atoms with Gasteiger partial charge in [-0.15, -0.1) is 5.10 Å². The van der Waals surface area contributed by atoms with Crippen LogP contribution in [0.1, 0.15) is 6.92 Å². The Hall–Kier alpha value is -1.31. The molecule has 3 N–H and O–H groups in total. The molecule has 0 saturated heterocycles. The van der Waals surface area contributed by atoms with Crippen LogP contribution in [0.5, 0.6) is 0 Å². The van der Waals surface area contributed by atoms with E-state index in [4.69, 9.17) is 27.9 Å². The Balaban J connectivity index is 1.76. The molecule has 2 unspecified atom stereocenters. The summed E-state index contributed by atoms with van der Waals surface area (Å²) in [6, 6.07) is 4.95. The largest absolute Gasteiger partial charge is 0.394 e. The average molecular weight is 509 g/mol. The highest BCUT2D eigenvalue weighted by Crippen LogP contribution is 2.33. The smallest absolute Gasteiger partial charge is 0.269 e. The van der Waals surface area contributed by atoms with Crippen LogP contribution in [0, 0.1) is 5.26 Å². The van der Waals surface area contributed by atoms with E-state index in [1.54, 1.807) is 18.2 Å². The standard InChI is InChI=1S/C18H19Cl2FN4O4S2/c1-9(27)16(7-26)29-17(31-10-2-3-11(19)12(20)4-10)15(28)6-25-5-13(23-24-25)14-8-30-18(21)22-14/h2-5,8-9,15-17,26-28H,6-7H2,1H3/t9-,15+,16?,17?/m1/s1. The number of nitrogens with zero attached hydrogens (tertiary/aromatic N) is 4. The Kier molecular flexibility index (Phi) is 8.65. The average Bonchev–Trinajstić information content (AvgIpc) is 3.36. The number of aromatic nitrogens is 4. The minimum absolute atomic E-state index is 0.0173. The van der Waals surface area contributed by atoms with Crippen molar-refractivity contribution < 1.29 is 24.4 Å². The van der Waals surface area contributed by atoms with Crippen LogP contribution in [0.15, 0.2) is 34.7 Å². The van der Waals surface area contributed by atoms with Crippen LogP contribution < -0.4 is 0 Å². The van der Waals surface area contributed by atoms with Crippen molar-refractivity contribution in [2.45, 2.75) is 42.1 Å². The molecule has 8 nitrogen and oxygen atoms in total. The second kappa shape index (κ2) is 11.0. The molecule has 0 amide bonds. The number of ether oxygens (including phenoxy) is 1. The number of hydrogen-bond acceptors (Lipinski definition) is 9. The normalized spacial score (nSPS) is 15.6. The third-order valence-corrected chi connectivity index (χ3v) is 6.69. The molecule has 2 aromatic heterocycles. The fourth-order valence-corrected chi connectivity index (χ4v) is 4.45. The minimum atomic E-state index is -1.12. The fourth-order valence-electron chi connectivity index (χ4n) is 2.52. The SMILES string of the molecule is C[C@@H](O)C(CO)OC(Sc1ccc(Cl)c(Cl)c1)[C@@H](O)Cn1cc(-c2csc(F)n2)nn1. The van der Waals surface area contributed by atoms with Crippen molar-refractivity contribution >= 4 is 46.3 Å². The molecule has 4 atom stereocenters. The van der Waals surface area contributed by atoms with E-state index in [1.165, 1.54) is 23.2 Å². The van der Waals surface area contributed by atoms with Gasteiger partial charge in [0.25, 0.3) is 5.26 Å². The molecule has 3 rings (SSSR count). The van der Waals surface area contributed by atoms with Crippen LogP contribution in [0.3, 0.4) is 0 Å². The molecule has 0 aliphatic heterocycles. The molecule has 168 valence electrons. The molecular formula is C18H19Cl2FN4O4S2. The number of thiazole rings is 1. The topological polar surface area (TPSA) is 114 Å². The number of halogens is 3. The summed E-state index contributed by atoms with van der Waals surface area (Å²) in [5.74, 6) is 0. The zero-order valence-electron chi connectivity index (χ0n) is 16.1. The molecule has 0 radical (unpaired) electrons. The van der Waals surface area contributed by atoms with E-state index in [1.807, 2.05) is 0 Å². The van der Waals surface area contributed by atoms with Crippen molar-refractivity contribution in [1.82, 2.24) is 20.0 Å². The third-order valence-electron chi connectivity index (χ3n) is 4.14. The number of benzene rings is 1. The summed E-state index contributed by atoms with van der Waals surface area (Å²) in [6.45, 7) is 1.02. The van der Waals surface area contributed by atoms with E-state index in [-0.39, 0.29) is 6.54 Å². The number of aliphatic hydroxyl groups is 3. The van der Waals surface area contributed by atoms with Gasteiger partial charge in [0, 0.05) is 10.3 Å². The molecule has 1 aromatic carbocycles. The summed E-state index contributed by atoms with van der Waals surface area (Å²) in [7, 11) is 0.